The molecule has 2 aromatic carbocycles. The van der Waals surface area contributed by atoms with Gasteiger partial charge in [0, 0.05) is 26.1 Å². The van der Waals surface area contributed by atoms with Crippen molar-refractivity contribution >= 4 is 15.9 Å². The van der Waals surface area contributed by atoms with Gasteiger partial charge in [-0.1, -0.05) is 55.3 Å². The second kappa shape index (κ2) is 11.3. The van der Waals surface area contributed by atoms with Crippen LogP contribution >= 0.6 is 0 Å². The molecular weight excluding hydrogens is 396 g/mol. The topological polar surface area (TPSA) is 66.5 Å². The van der Waals surface area contributed by atoms with Gasteiger partial charge in [-0.05, 0) is 55.4 Å². The molecule has 0 bridgehead atoms. The third-order valence-corrected chi connectivity index (χ3v) is 7.49. The summed E-state index contributed by atoms with van der Waals surface area (Å²) in [6, 6.07) is 17.2. The average molecular weight is 429 g/mol. The van der Waals surface area contributed by atoms with Crippen LogP contribution in [0, 0.1) is 0 Å². The third-order valence-electron chi connectivity index (χ3n) is 5.57. The average Bonchev–Trinajstić information content (AvgIpc) is 3.07. The van der Waals surface area contributed by atoms with E-state index in [1.807, 2.05) is 30.3 Å². The largest absolute Gasteiger partial charge is 0.356 e. The van der Waals surface area contributed by atoms with Crippen LogP contribution in [-0.2, 0) is 27.7 Å². The summed E-state index contributed by atoms with van der Waals surface area (Å²) in [6.45, 7) is 1.88. The highest BCUT2D eigenvalue weighted by Crippen LogP contribution is 2.21. The molecule has 2 aromatic rings. The number of rotatable bonds is 9. The van der Waals surface area contributed by atoms with E-state index in [2.05, 4.69) is 17.4 Å². The molecule has 6 heteroatoms. The maximum Gasteiger partial charge on any atom is 0.243 e. The van der Waals surface area contributed by atoms with Crippen molar-refractivity contribution in [3.05, 3.63) is 65.7 Å². The van der Waals surface area contributed by atoms with E-state index in [9.17, 15) is 13.2 Å². The lowest BCUT2D eigenvalue weighted by Gasteiger charge is -2.20. The summed E-state index contributed by atoms with van der Waals surface area (Å²) in [7, 11) is -3.42. The van der Waals surface area contributed by atoms with Gasteiger partial charge in [-0.3, -0.25) is 4.79 Å². The molecular formula is C24H32N2O3S. The van der Waals surface area contributed by atoms with Crippen molar-refractivity contribution in [2.75, 3.05) is 19.6 Å². The van der Waals surface area contributed by atoms with Crippen LogP contribution in [0.4, 0.5) is 0 Å². The molecule has 1 aliphatic rings. The van der Waals surface area contributed by atoms with Gasteiger partial charge >= 0.3 is 0 Å². The van der Waals surface area contributed by atoms with Crippen LogP contribution in [0.1, 0.15) is 49.7 Å². The highest BCUT2D eigenvalue weighted by atomic mass is 32.2. The molecule has 30 heavy (non-hydrogen) atoms. The Kier molecular flexibility index (Phi) is 8.46. The standard InChI is InChI=1S/C24H32N2O3S/c27-24(25-18-8-11-21-9-4-3-5-10-21)17-14-22-12-15-23(16-13-22)30(28,29)26-19-6-1-2-7-20-26/h3-5,9-10,12-13,15-16H,1-2,6-8,11,14,17-20H2,(H,25,27). The predicted octanol–water partition coefficient (Wildman–Crippen LogP) is 3.93. The molecule has 1 fully saturated rings. The molecule has 1 N–H and O–H groups in total. The van der Waals surface area contributed by atoms with Crippen molar-refractivity contribution in [2.45, 2.75) is 56.3 Å². The molecule has 1 saturated heterocycles. The lowest BCUT2D eigenvalue weighted by atomic mass is 10.1. The zero-order valence-electron chi connectivity index (χ0n) is 17.6. The number of nitrogens with zero attached hydrogens (tertiary/aromatic N) is 1. The van der Waals surface area contributed by atoms with Gasteiger partial charge in [-0.15, -0.1) is 0 Å². The summed E-state index contributed by atoms with van der Waals surface area (Å²) in [5.41, 5.74) is 2.26. The third kappa shape index (κ3) is 6.67. The van der Waals surface area contributed by atoms with Crippen LogP contribution in [0.15, 0.2) is 59.5 Å². The zero-order chi connectivity index (χ0) is 21.2. The second-order valence-corrected chi connectivity index (χ2v) is 9.84. The maximum atomic E-state index is 12.8. The number of nitrogens with one attached hydrogen (secondary N) is 1. The first kappa shape index (κ1) is 22.5. The van der Waals surface area contributed by atoms with Crippen molar-refractivity contribution in [1.29, 1.82) is 0 Å². The number of amides is 1. The first-order valence-corrected chi connectivity index (χ1v) is 12.4. The molecule has 1 amide bonds. The fourth-order valence-electron chi connectivity index (χ4n) is 3.77. The van der Waals surface area contributed by atoms with Gasteiger partial charge < -0.3 is 5.32 Å². The molecule has 0 unspecified atom stereocenters. The van der Waals surface area contributed by atoms with E-state index >= 15 is 0 Å². The zero-order valence-corrected chi connectivity index (χ0v) is 18.4. The number of carbonyl (C=O) groups excluding carboxylic acids is 1. The smallest absolute Gasteiger partial charge is 0.243 e. The highest BCUT2D eigenvalue weighted by Gasteiger charge is 2.24. The lowest BCUT2D eigenvalue weighted by Crippen LogP contribution is -2.31. The lowest BCUT2D eigenvalue weighted by molar-refractivity contribution is -0.121. The molecule has 0 atom stereocenters. The summed E-state index contributed by atoms with van der Waals surface area (Å²) in [6.07, 6.45) is 6.93. The minimum Gasteiger partial charge on any atom is -0.356 e. The minimum absolute atomic E-state index is 0.0318. The van der Waals surface area contributed by atoms with E-state index < -0.39 is 10.0 Å². The number of aryl methyl sites for hydroxylation is 2. The normalized spacial score (nSPS) is 15.5. The minimum atomic E-state index is -3.42. The van der Waals surface area contributed by atoms with E-state index in [0.717, 1.165) is 44.1 Å². The predicted molar refractivity (Wildman–Crippen MR) is 120 cm³/mol. The number of benzene rings is 2. The van der Waals surface area contributed by atoms with Gasteiger partial charge in [0.25, 0.3) is 0 Å². The van der Waals surface area contributed by atoms with Crippen LogP contribution in [-0.4, -0.2) is 38.3 Å². The molecule has 0 aliphatic carbocycles. The molecule has 0 saturated carbocycles. The Morgan fingerprint density at radius 1 is 0.833 bits per heavy atom. The summed E-state index contributed by atoms with van der Waals surface area (Å²) < 4.78 is 27.3. The van der Waals surface area contributed by atoms with Gasteiger partial charge in [-0.25, -0.2) is 8.42 Å². The van der Waals surface area contributed by atoms with E-state index in [1.54, 1.807) is 16.4 Å². The van der Waals surface area contributed by atoms with Crippen molar-refractivity contribution in [2.24, 2.45) is 0 Å². The van der Waals surface area contributed by atoms with Crippen molar-refractivity contribution < 1.29 is 13.2 Å². The van der Waals surface area contributed by atoms with Gasteiger partial charge in [-0.2, -0.15) is 4.31 Å². The Morgan fingerprint density at radius 3 is 2.13 bits per heavy atom. The first-order valence-electron chi connectivity index (χ1n) is 11.0. The Hall–Kier alpha value is -2.18. The molecule has 0 aromatic heterocycles. The quantitative estimate of drug-likeness (QED) is 0.616. The van der Waals surface area contributed by atoms with E-state index in [-0.39, 0.29) is 5.91 Å². The number of sulfonamides is 1. The molecule has 162 valence electrons. The van der Waals surface area contributed by atoms with Crippen molar-refractivity contribution in [3.63, 3.8) is 0 Å². The summed E-state index contributed by atoms with van der Waals surface area (Å²) in [5, 5.41) is 2.97. The molecule has 0 radical (unpaired) electrons. The first-order chi connectivity index (χ1) is 14.6. The van der Waals surface area contributed by atoms with Crippen LogP contribution in [0.2, 0.25) is 0 Å². The Bertz CT molecular complexity index is 888. The fourth-order valence-corrected chi connectivity index (χ4v) is 5.29. The van der Waals surface area contributed by atoms with Crippen molar-refractivity contribution in [3.8, 4) is 0 Å². The molecule has 0 spiro atoms. The molecule has 3 rings (SSSR count). The van der Waals surface area contributed by atoms with Crippen LogP contribution in [0.5, 0.6) is 0 Å². The maximum absolute atomic E-state index is 12.8. The number of hydrogen-bond donors (Lipinski definition) is 1. The van der Waals surface area contributed by atoms with Crippen LogP contribution in [0.3, 0.4) is 0 Å². The monoisotopic (exact) mass is 428 g/mol. The number of carbonyl (C=O) groups is 1. The summed E-state index contributed by atoms with van der Waals surface area (Å²) in [5.74, 6) is 0.0318. The molecule has 1 aliphatic heterocycles. The number of hydrogen-bond acceptors (Lipinski definition) is 3. The highest BCUT2D eigenvalue weighted by molar-refractivity contribution is 7.89. The summed E-state index contributed by atoms with van der Waals surface area (Å²) >= 11 is 0. The van der Waals surface area contributed by atoms with Gasteiger partial charge in [0.05, 0.1) is 4.90 Å². The van der Waals surface area contributed by atoms with Crippen molar-refractivity contribution in [1.82, 2.24) is 9.62 Å². The van der Waals surface area contributed by atoms with E-state index in [0.29, 0.717) is 37.4 Å². The SMILES string of the molecule is O=C(CCc1ccc(S(=O)(=O)N2CCCCCC2)cc1)NCCCc1ccccc1. The van der Waals surface area contributed by atoms with Gasteiger partial charge in [0.1, 0.15) is 0 Å². The van der Waals surface area contributed by atoms with E-state index in [1.165, 1.54) is 5.56 Å². The van der Waals surface area contributed by atoms with Gasteiger partial charge in [0.15, 0.2) is 0 Å². The van der Waals surface area contributed by atoms with E-state index in [4.69, 9.17) is 0 Å². The van der Waals surface area contributed by atoms with Crippen LogP contribution in [0.25, 0.3) is 0 Å². The molecule has 1 heterocycles. The Labute approximate surface area is 180 Å². The van der Waals surface area contributed by atoms with Gasteiger partial charge in [0.2, 0.25) is 15.9 Å². The Balaban J connectivity index is 1.42. The fraction of sp³-hybridized carbons (Fsp3) is 0.458. The second-order valence-electron chi connectivity index (χ2n) is 7.90. The molecule has 5 nitrogen and oxygen atoms in total. The Morgan fingerprint density at radius 2 is 1.47 bits per heavy atom. The summed E-state index contributed by atoms with van der Waals surface area (Å²) in [4.78, 5) is 12.4. The van der Waals surface area contributed by atoms with Crippen LogP contribution < -0.4 is 5.32 Å².